The Morgan fingerprint density at radius 1 is 1.21 bits per heavy atom. The molecular formula is C18H23NO5. The van der Waals surface area contributed by atoms with Gasteiger partial charge < -0.3 is 19.5 Å². The Morgan fingerprint density at radius 2 is 1.88 bits per heavy atom. The molecule has 1 aliphatic carbocycles. The molecule has 1 N–H and O–H groups in total. The average Bonchev–Trinajstić information content (AvgIpc) is 2.91. The lowest BCUT2D eigenvalue weighted by atomic mass is 10.1. The van der Waals surface area contributed by atoms with Gasteiger partial charge >= 0.3 is 5.97 Å². The Labute approximate surface area is 141 Å². The largest absolute Gasteiger partial charge is 0.490 e. The molecule has 6 heteroatoms. The molecule has 130 valence electrons. The number of carboxylic acids is 1. The van der Waals surface area contributed by atoms with E-state index < -0.39 is 12.6 Å². The minimum atomic E-state index is -1.06. The lowest BCUT2D eigenvalue weighted by molar-refractivity contribution is -0.139. The van der Waals surface area contributed by atoms with Crippen LogP contribution in [0.1, 0.15) is 31.1 Å². The van der Waals surface area contributed by atoms with Crippen molar-refractivity contribution in [1.29, 1.82) is 0 Å². The van der Waals surface area contributed by atoms with Crippen LogP contribution in [0.25, 0.3) is 0 Å². The van der Waals surface area contributed by atoms with E-state index in [4.69, 9.17) is 14.6 Å². The van der Waals surface area contributed by atoms with E-state index in [9.17, 15) is 9.59 Å². The number of nitrogens with zero attached hydrogens (tertiary/aromatic N) is 1. The number of hydrogen-bond donors (Lipinski definition) is 1. The molecule has 2 fully saturated rings. The van der Waals surface area contributed by atoms with Crippen LogP contribution in [0.4, 0.5) is 0 Å². The van der Waals surface area contributed by atoms with Crippen LogP contribution >= 0.6 is 0 Å². The van der Waals surface area contributed by atoms with E-state index in [0.717, 1.165) is 13.1 Å². The summed E-state index contributed by atoms with van der Waals surface area (Å²) in [7, 11) is 0. The predicted octanol–water partition coefficient (Wildman–Crippen LogP) is 2.28. The number of carbonyl (C=O) groups excluding carboxylic acids is 1. The van der Waals surface area contributed by atoms with Crippen molar-refractivity contribution in [2.45, 2.75) is 20.8 Å². The number of carbonyl (C=O) groups is 2. The molecule has 1 aromatic rings. The second-order valence-electron chi connectivity index (χ2n) is 7.02. The topological polar surface area (TPSA) is 76.1 Å². The zero-order chi connectivity index (χ0) is 17.5. The number of aliphatic carboxylic acids is 1. The Bertz CT molecular complexity index is 655. The molecule has 3 rings (SSSR count). The molecule has 0 radical (unpaired) electrons. The summed E-state index contributed by atoms with van der Waals surface area (Å²) in [5.41, 5.74) is 0.905. The van der Waals surface area contributed by atoms with Crippen molar-refractivity contribution in [3.05, 3.63) is 23.8 Å². The standard InChI is InChI=1S/C18H23NO5/c1-4-23-15-7-11(5-6-14(15)24-10-16(20)21)17(22)19-8-12-13(9-19)18(12,2)3/h5-7,12-13H,4,8-10H2,1-3H3,(H,20,21). The summed E-state index contributed by atoms with van der Waals surface area (Å²) in [6.45, 7) is 7.90. The van der Waals surface area contributed by atoms with E-state index in [0.29, 0.717) is 40.9 Å². The van der Waals surface area contributed by atoms with Crippen LogP contribution in [-0.2, 0) is 4.79 Å². The van der Waals surface area contributed by atoms with Crippen molar-refractivity contribution in [3.63, 3.8) is 0 Å². The molecule has 0 aromatic heterocycles. The van der Waals surface area contributed by atoms with Gasteiger partial charge in [0.25, 0.3) is 5.91 Å². The number of piperidine rings is 1. The number of fused-ring (bicyclic) bond motifs is 1. The fourth-order valence-corrected chi connectivity index (χ4v) is 3.65. The maximum atomic E-state index is 12.7. The monoisotopic (exact) mass is 333 g/mol. The predicted molar refractivity (Wildman–Crippen MR) is 87.4 cm³/mol. The molecule has 0 bridgehead atoms. The molecule has 0 spiro atoms. The normalized spacial score (nSPS) is 23.5. The summed E-state index contributed by atoms with van der Waals surface area (Å²) in [4.78, 5) is 25.2. The summed E-state index contributed by atoms with van der Waals surface area (Å²) < 4.78 is 10.7. The molecule has 2 atom stereocenters. The first-order chi connectivity index (χ1) is 11.3. The molecule has 6 nitrogen and oxygen atoms in total. The summed E-state index contributed by atoms with van der Waals surface area (Å²) in [5.74, 6) is 0.868. The van der Waals surface area contributed by atoms with Crippen molar-refractivity contribution in [1.82, 2.24) is 4.90 Å². The Balaban J connectivity index is 1.72. The van der Waals surface area contributed by atoms with Gasteiger partial charge in [-0.25, -0.2) is 4.79 Å². The lowest BCUT2D eigenvalue weighted by Gasteiger charge is -2.22. The minimum absolute atomic E-state index is 0.0104. The van der Waals surface area contributed by atoms with Gasteiger partial charge in [0, 0.05) is 18.7 Å². The van der Waals surface area contributed by atoms with Crippen LogP contribution in [0.15, 0.2) is 18.2 Å². The Kier molecular flexibility index (Phi) is 4.15. The van der Waals surface area contributed by atoms with Crippen LogP contribution in [0.2, 0.25) is 0 Å². The number of amides is 1. The summed E-state index contributed by atoms with van der Waals surface area (Å²) >= 11 is 0. The summed E-state index contributed by atoms with van der Waals surface area (Å²) in [6.07, 6.45) is 0. The van der Waals surface area contributed by atoms with E-state index in [2.05, 4.69) is 13.8 Å². The third kappa shape index (κ3) is 2.92. The fraction of sp³-hybridized carbons (Fsp3) is 0.556. The number of benzene rings is 1. The number of hydrogen-bond acceptors (Lipinski definition) is 4. The van der Waals surface area contributed by atoms with Crippen LogP contribution in [0, 0.1) is 17.3 Å². The fourth-order valence-electron chi connectivity index (χ4n) is 3.65. The van der Waals surface area contributed by atoms with Gasteiger partial charge in [-0.05, 0) is 42.4 Å². The van der Waals surface area contributed by atoms with Gasteiger partial charge in [-0.1, -0.05) is 13.8 Å². The van der Waals surface area contributed by atoms with Crippen LogP contribution in [0.5, 0.6) is 11.5 Å². The highest BCUT2D eigenvalue weighted by Gasteiger charge is 2.62. The summed E-state index contributed by atoms with van der Waals surface area (Å²) in [5, 5.41) is 8.73. The molecular weight excluding hydrogens is 310 g/mol. The number of carboxylic acid groups (broad SMARTS) is 1. The number of rotatable bonds is 6. The van der Waals surface area contributed by atoms with Gasteiger partial charge in [0.15, 0.2) is 18.1 Å². The highest BCUT2D eigenvalue weighted by Crippen LogP contribution is 2.62. The van der Waals surface area contributed by atoms with Gasteiger partial charge in [-0.3, -0.25) is 4.79 Å². The van der Waals surface area contributed by atoms with E-state index in [1.54, 1.807) is 18.2 Å². The van der Waals surface area contributed by atoms with Crippen molar-refractivity contribution in [2.24, 2.45) is 17.3 Å². The summed E-state index contributed by atoms with van der Waals surface area (Å²) in [6, 6.07) is 4.90. The highest BCUT2D eigenvalue weighted by molar-refractivity contribution is 5.95. The van der Waals surface area contributed by atoms with Gasteiger partial charge in [0.1, 0.15) is 0 Å². The maximum Gasteiger partial charge on any atom is 0.341 e. The van der Waals surface area contributed by atoms with E-state index in [1.165, 1.54) is 0 Å². The van der Waals surface area contributed by atoms with Crippen LogP contribution < -0.4 is 9.47 Å². The first kappa shape index (κ1) is 16.6. The molecule has 24 heavy (non-hydrogen) atoms. The zero-order valence-corrected chi connectivity index (χ0v) is 14.2. The molecule has 1 heterocycles. The maximum absolute atomic E-state index is 12.7. The van der Waals surface area contributed by atoms with Gasteiger partial charge in [-0.2, -0.15) is 0 Å². The molecule has 1 saturated carbocycles. The van der Waals surface area contributed by atoms with Crippen molar-refractivity contribution < 1.29 is 24.2 Å². The van der Waals surface area contributed by atoms with Crippen LogP contribution in [0.3, 0.4) is 0 Å². The smallest absolute Gasteiger partial charge is 0.341 e. The molecule has 2 unspecified atom stereocenters. The molecule has 1 aromatic carbocycles. The first-order valence-corrected chi connectivity index (χ1v) is 8.25. The van der Waals surface area contributed by atoms with Gasteiger partial charge in [0.2, 0.25) is 0 Å². The Morgan fingerprint density at radius 3 is 2.46 bits per heavy atom. The third-order valence-corrected chi connectivity index (χ3v) is 5.25. The number of likely N-dealkylation sites (tertiary alicyclic amines) is 1. The van der Waals surface area contributed by atoms with Crippen molar-refractivity contribution in [2.75, 3.05) is 26.3 Å². The second-order valence-corrected chi connectivity index (χ2v) is 7.02. The molecule has 1 aliphatic heterocycles. The van der Waals surface area contributed by atoms with Crippen molar-refractivity contribution >= 4 is 11.9 Å². The second kappa shape index (κ2) is 6.00. The minimum Gasteiger partial charge on any atom is -0.490 e. The van der Waals surface area contributed by atoms with Crippen LogP contribution in [-0.4, -0.2) is 48.2 Å². The number of ether oxygens (including phenoxy) is 2. The van der Waals surface area contributed by atoms with Crippen molar-refractivity contribution in [3.8, 4) is 11.5 Å². The molecule has 1 amide bonds. The van der Waals surface area contributed by atoms with Gasteiger partial charge in [0.05, 0.1) is 6.61 Å². The average molecular weight is 333 g/mol. The van der Waals surface area contributed by atoms with E-state index in [-0.39, 0.29) is 5.91 Å². The van der Waals surface area contributed by atoms with E-state index in [1.807, 2.05) is 11.8 Å². The SMILES string of the molecule is CCOc1cc(C(=O)N2CC3C(C2)C3(C)C)ccc1OCC(=O)O. The third-order valence-electron chi connectivity index (χ3n) is 5.25. The quantitative estimate of drug-likeness (QED) is 0.864. The Hall–Kier alpha value is -2.24. The lowest BCUT2D eigenvalue weighted by Crippen LogP contribution is -2.32. The zero-order valence-electron chi connectivity index (χ0n) is 14.2. The first-order valence-electron chi connectivity index (χ1n) is 8.25. The molecule has 1 saturated heterocycles. The van der Waals surface area contributed by atoms with Gasteiger partial charge in [-0.15, -0.1) is 0 Å². The highest BCUT2D eigenvalue weighted by atomic mass is 16.5. The molecule has 2 aliphatic rings. The van der Waals surface area contributed by atoms with E-state index >= 15 is 0 Å².